The Morgan fingerprint density at radius 3 is 1.83 bits per heavy atom. The van der Waals surface area contributed by atoms with Crippen molar-refractivity contribution in [3.05, 3.63) is 36.5 Å². The second-order valence-corrected chi connectivity index (χ2v) is 13.5. The number of rotatable bonds is 35. The lowest BCUT2D eigenvalue weighted by Gasteiger charge is -2.20. The fourth-order valence-corrected chi connectivity index (χ4v) is 5.66. The molecule has 0 spiro atoms. The molecule has 0 rings (SSSR count). The van der Waals surface area contributed by atoms with Gasteiger partial charge in [-0.15, -0.1) is 0 Å². The van der Waals surface area contributed by atoms with Crippen LogP contribution in [0.2, 0.25) is 0 Å². The Morgan fingerprint density at radius 2 is 1.22 bits per heavy atom. The molecule has 0 aromatic carbocycles. The Balaban J connectivity index is 4.11. The van der Waals surface area contributed by atoms with E-state index < -0.39 is 13.9 Å². The van der Waals surface area contributed by atoms with E-state index >= 15 is 0 Å². The van der Waals surface area contributed by atoms with Crippen molar-refractivity contribution >= 4 is 13.8 Å². The number of carbonyl (C=O) groups is 1. The van der Waals surface area contributed by atoms with Crippen LogP contribution in [0.1, 0.15) is 155 Å². The molecular formula is C37H70NO7P. The zero-order valence-electron chi connectivity index (χ0n) is 29.6. The topological polar surface area (TPSA) is 117 Å². The summed E-state index contributed by atoms with van der Waals surface area (Å²) in [5.41, 5.74) is 5.34. The lowest BCUT2D eigenvalue weighted by molar-refractivity contribution is -0.154. The number of phosphoric ester groups is 1. The number of ether oxygens (including phenoxy) is 2. The normalized spacial score (nSPS) is 14.1. The molecule has 0 amide bonds. The molecule has 0 aromatic heterocycles. The zero-order chi connectivity index (χ0) is 33.8. The predicted octanol–water partition coefficient (Wildman–Crippen LogP) is 10.3. The number of esters is 1. The van der Waals surface area contributed by atoms with Gasteiger partial charge in [0.15, 0.2) is 0 Å². The Kier molecular flexibility index (Phi) is 34.1. The van der Waals surface area contributed by atoms with Crippen LogP contribution in [0.4, 0.5) is 0 Å². The van der Waals surface area contributed by atoms with Gasteiger partial charge in [0, 0.05) is 19.6 Å². The van der Waals surface area contributed by atoms with Gasteiger partial charge in [0.1, 0.15) is 6.10 Å². The van der Waals surface area contributed by atoms with Crippen molar-refractivity contribution in [2.75, 3.05) is 33.0 Å². The van der Waals surface area contributed by atoms with Gasteiger partial charge in [-0.25, -0.2) is 4.57 Å². The van der Waals surface area contributed by atoms with Gasteiger partial charge in [0.25, 0.3) is 0 Å². The summed E-state index contributed by atoms with van der Waals surface area (Å²) in [6.07, 6.45) is 37.2. The minimum Gasteiger partial charge on any atom is -0.457 e. The third-order valence-corrected chi connectivity index (χ3v) is 8.56. The molecule has 0 heterocycles. The first-order chi connectivity index (χ1) is 22.4. The first-order valence-electron chi connectivity index (χ1n) is 18.5. The molecular weight excluding hydrogens is 601 g/mol. The SMILES string of the molecule is CC/C=C\C/C=C\C/C=C\CCCCCCCCOCC(COP(=O)(O)OCCN)OC(=O)CCCCCCCCCCCCC. The van der Waals surface area contributed by atoms with E-state index in [0.717, 1.165) is 64.2 Å². The van der Waals surface area contributed by atoms with Crippen LogP contribution in [-0.4, -0.2) is 49.9 Å². The molecule has 0 aromatic rings. The fourth-order valence-electron chi connectivity index (χ4n) is 4.89. The molecule has 0 fully saturated rings. The highest BCUT2D eigenvalue weighted by molar-refractivity contribution is 7.47. The van der Waals surface area contributed by atoms with Crippen LogP contribution in [-0.2, 0) is 27.9 Å². The molecule has 9 heteroatoms. The van der Waals surface area contributed by atoms with Crippen molar-refractivity contribution in [2.24, 2.45) is 5.73 Å². The van der Waals surface area contributed by atoms with Gasteiger partial charge in [0.2, 0.25) is 0 Å². The quantitative estimate of drug-likeness (QED) is 0.0296. The summed E-state index contributed by atoms with van der Waals surface area (Å²) in [5.74, 6) is -0.338. The maximum atomic E-state index is 12.5. The monoisotopic (exact) mass is 671 g/mol. The second kappa shape index (κ2) is 35.0. The highest BCUT2D eigenvalue weighted by Crippen LogP contribution is 2.43. The Morgan fingerprint density at radius 1 is 0.674 bits per heavy atom. The van der Waals surface area contributed by atoms with Crippen LogP contribution in [0.5, 0.6) is 0 Å². The average molecular weight is 672 g/mol. The summed E-state index contributed by atoms with van der Waals surface area (Å²) in [4.78, 5) is 22.3. The van der Waals surface area contributed by atoms with Gasteiger partial charge in [-0.05, 0) is 44.9 Å². The van der Waals surface area contributed by atoms with E-state index in [0.29, 0.717) is 13.0 Å². The smallest absolute Gasteiger partial charge is 0.457 e. The Hall–Kier alpha value is -1.28. The first-order valence-corrected chi connectivity index (χ1v) is 20.0. The molecule has 0 saturated carbocycles. The number of phosphoric acid groups is 1. The first kappa shape index (κ1) is 44.7. The molecule has 270 valence electrons. The molecule has 2 atom stereocenters. The van der Waals surface area contributed by atoms with Gasteiger partial charge >= 0.3 is 13.8 Å². The molecule has 0 aliphatic rings. The lowest BCUT2D eigenvalue weighted by Crippen LogP contribution is -2.28. The molecule has 2 unspecified atom stereocenters. The molecule has 0 saturated heterocycles. The lowest BCUT2D eigenvalue weighted by atomic mass is 10.1. The van der Waals surface area contributed by atoms with Crippen molar-refractivity contribution in [1.29, 1.82) is 0 Å². The maximum Gasteiger partial charge on any atom is 0.472 e. The third kappa shape index (κ3) is 34.1. The summed E-state index contributed by atoms with van der Waals surface area (Å²) in [6, 6.07) is 0. The van der Waals surface area contributed by atoms with Crippen molar-refractivity contribution in [2.45, 2.75) is 161 Å². The van der Waals surface area contributed by atoms with E-state index in [1.807, 2.05) is 0 Å². The average Bonchev–Trinajstić information content (AvgIpc) is 3.04. The number of hydrogen-bond acceptors (Lipinski definition) is 7. The van der Waals surface area contributed by atoms with Gasteiger partial charge < -0.3 is 20.1 Å². The van der Waals surface area contributed by atoms with Crippen molar-refractivity contribution in [3.63, 3.8) is 0 Å². The molecule has 8 nitrogen and oxygen atoms in total. The summed E-state index contributed by atoms with van der Waals surface area (Å²) < 4.78 is 33.2. The highest BCUT2D eigenvalue weighted by atomic mass is 31.2. The predicted molar refractivity (Wildman–Crippen MR) is 192 cm³/mol. The highest BCUT2D eigenvalue weighted by Gasteiger charge is 2.25. The largest absolute Gasteiger partial charge is 0.472 e. The van der Waals surface area contributed by atoms with Crippen LogP contribution in [0.3, 0.4) is 0 Å². The Bertz CT molecular complexity index is 803. The number of unbranched alkanes of at least 4 members (excludes halogenated alkanes) is 16. The van der Waals surface area contributed by atoms with Crippen molar-refractivity contribution < 1.29 is 32.8 Å². The van der Waals surface area contributed by atoms with Crippen molar-refractivity contribution in [3.8, 4) is 0 Å². The van der Waals surface area contributed by atoms with Gasteiger partial charge in [0.05, 0.1) is 19.8 Å². The van der Waals surface area contributed by atoms with Gasteiger partial charge in [-0.3, -0.25) is 13.8 Å². The van der Waals surface area contributed by atoms with Crippen LogP contribution in [0.15, 0.2) is 36.5 Å². The van der Waals surface area contributed by atoms with E-state index in [1.54, 1.807) is 0 Å². The van der Waals surface area contributed by atoms with E-state index in [9.17, 15) is 14.3 Å². The van der Waals surface area contributed by atoms with Crippen LogP contribution in [0.25, 0.3) is 0 Å². The Labute approximate surface area is 282 Å². The second-order valence-electron chi connectivity index (χ2n) is 12.1. The number of allylic oxidation sites excluding steroid dienone is 6. The summed E-state index contributed by atoms with van der Waals surface area (Å²) >= 11 is 0. The summed E-state index contributed by atoms with van der Waals surface area (Å²) in [6.45, 7) is 4.76. The molecule has 0 bridgehead atoms. The van der Waals surface area contributed by atoms with Crippen LogP contribution < -0.4 is 5.73 Å². The van der Waals surface area contributed by atoms with Crippen molar-refractivity contribution in [1.82, 2.24) is 0 Å². The molecule has 0 aliphatic heterocycles. The minimum atomic E-state index is -4.27. The number of carbonyl (C=O) groups excluding carboxylic acids is 1. The van der Waals surface area contributed by atoms with Gasteiger partial charge in [-0.1, -0.05) is 140 Å². The molecule has 46 heavy (non-hydrogen) atoms. The molecule has 0 aliphatic carbocycles. The number of hydrogen-bond donors (Lipinski definition) is 2. The third-order valence-electron chi connectivity index (χ3n) is 7.57. The summed E-state index contributed by atoms with van der Waals surface area (Å²) in [5, 5.41) is 0. The van der Waals surface area contributed by atoms with Crippen LogP contribution >= 0.6 is 7.82 Å². The number of nitrogens with two attached hydrogens (primary N) is 1. The molecule has 0 radical (unpaired) electrons. The fraction of sp³-hybridized carbons (Fsp3) is 0.811. The van der Waals surface area contributed by atoms with E-state index in [4.69, 9.17) is 24.3 Å². The van der Waals surface area contributed by atoms with E-state index in [2.05, 4.69) is 50.3 Å². The molecule has 3 N–H and O–H groups in total. The minimum absolute atomic E-state index is 0.0979. The van der Waals surface area contributed by atoms with Crippen LogP contribution in [0, 0.1) is 0 Å². The van der Waals surface area contributed by atoms with E-state index in [-0.39, 0.29) is 32.3 Å². The zero-order valence-corrected chi connectivity index (χ0v) is 30.4. The van der Waals surface area contributed by atoms with E-state index in [1.165, 1.54) is 70.6 Å². The maximum absolute atomic E-state index is 12.5. The standard InChI is InChI=1S/C37H70NO7P/c1-3-5-7-9-11-13-15-16-17-18-19-21-23-25-27-29-32-42-34-36(35-44-46(40,41)43-33-31-38)45-37(39)30-28-26-24-22-20-14-12-10-8-6-4-2/h5,7,11,13,16-17,36H,3-4,6,8-10,12,14-15,18-35,38H2,1-2H3,(H,40,41)/b7-5-,13-11-,17-16-. The van der Waals surface area contributed by atoms with Gasteiger partial charge in [-0.2, -0.15) is 0 Å². The summed E-state index contributed by atoms with van der Waals surface area (Å²) in [7, 11) is -4.27.